The van der Waals surface area contributed by atoms with Gasteiger partial charge in [0.25, 0.3) is 0 Å². The summed E-state index contributed by atoms with van der Waals surface area (Å²) in [5, 5.41) is 23.6. The standard InChI is InChI=1S/C8H8N8/c1-2-9-6-3-11-14-8(6)5(1)10-4-7-12-15-16-13-7/h1-3H,4H2,(H,9,10)(H,11,14)(H,12,13,15,16). The second-order valence-electron chi connectivity index (χ2n) is 3.17. The van der Waals surface area contributed by atoms with Crippen LogP contribution >= 0.6 is 0 Å². The van der Waals surface area contributed by atoms with Crippen molar-refractivity contribution >= 4 is 16.7 Å². The Morgan fingerprint density at radius 3 is 3.25 bits per heavy atom. The largest absolute Gasteiger partial charge is 0.376 e. The SMILES string of the molecule is c1cc(NCc2nn[nH]n2)c2[nH]ncc2n1. The van der Waals surface area contributed by atoms with E-state index in [-0.39, 0.29) is 0 Å². The van der Waals surface area contributed by atoms with Gasteiger partial charge in [-0.3, -0.25) is 10.1 Å². The molecule has 0 amide bonds. The molecule has 0 aliphatic rings. The molecular weight excluding hydrogens is 208 g/mol. The first-order chi connectivity index (χ1) is 7.93. The maximum absolute atomic E-state index is 4.16. The van der Waals surface area contributed by atoms with Crippen LogP contribution in [0.15, 0.2) is 18.5 Å². The van der Waals surface area contributed by atoms with Crippen molar-refractivity contribution in [2.24, 2.45) is 0 Å². The molecule has 0 aliphatic carbocycles. The molecule has 0 saturated heterocycles. The van der Waals surface area contributed by atoms with E-state index in [0.29, 0.717) is 12.4 Å². The van der Waals surface area contributed by atoms with Gasteiger partial charge in [-0.2, -0.15) is 10.3 Å². The van der Waals surface area contributed by atoms with Gasteiger partial charge in [-0.25, -0.2) is 0 Å². The number of fused-ring (bicyclic) bond motifs is 1. The number of H-pyrrole nitrogens is 2. The van der Waals surface area contributed by atoms with Crippen molar-refractivity contribution < 1.29 is 0 Å². The molecule has 3 aromatic heterocycles. The van der Waals surface area contributed by atoms with E-state index >= 15 is 0 Å². The molecule has 8 heteroatoms. The summed E-state index contributed by atoms with van der Waals surface area (Å²) in [7, 11) is 0. The smallest absolute Gasteiger partial charge is 0.193 e. The molecule has 3 N–H and O–H groups in total. The number of nitrogens with one attached hydrogen (secondary N) is 3. The van der Waals surface area contributed by atoms with Crippen molar-refractivity contribution in [3.05, 3.63) is 24.3 Å². The van der Waals surface area contributed by atoms with Crippen LogP contribution in [0.2, 0.25) is 0 Å². The zero-order valence-corrected chi connectivity index (χ0v) is 8.18. The summed E-state index contributed by atoms with van der Waals surface area (Å²) in [5.74, 6) is 0.601. The zero-order valence-electron chi connectivity index (χ0n) is 8.18. The molecule has 0 radical (unpaired) electrons. The van der Waals surface area contributed by atoms with Crippen LogP contribution in [-0.4, -0.2) is 35.8 Å². The van der Waals surface area contributed by atoms with Gasteiger partial charge in [0.05, 0.1) is 18.4 Å². The number of rotatable bonds is 3. The van der Waals surface area contributed by atoms with Crippen LogP contribution in [0.1, 0.15) is 5.82 Å². The van der Waals surface area contributed by atoms with Crippen LogP contribution in [0.5, 0.6) is 0 Å². The first-order valence-corrected chi connectivity index (χ1v) is 4.68. The molecule has 0 spiro atoms. The minimum Gasteiger partial charge on any atom is -0.376 e. The fourth-order valence-electron chi connectivity index (χ4n) is 1.43. The van der Waals surface area contributed by atoms with Gasteiger partial charge in [0.1, 0.15) is 11.0 Å². The Hall–Kier alpha value is -2.51. The monoisotopic (exact) mass is 216 g/mol. The summed E-state index contributed by atoms with van der Waals surface area (Å²) in [6.45, 7) is 0.495. The molecule has 0 saturated carbocycles. The molecule has 3 aromatic rings. The molecule has 16 heavy (non-hydrogen) atoms. The minimum absolute atomic E-state index is 0.495. The number of tetrazole rings is 1. The number of pyridine rings is 1. The zero-order chi connectivity index (χ0) is 10.8. The lowest BCUT2D eigenvalue weighted by Crippen LogP contribution is -2.02. The summed E-state index contributed by atoms with van der Waals surface area (Å²) in [6.07, 6.45) is 3.39. The molecule has 0 aliphatic heterocycles. The van der Waals surface area contributed by atoms with Crippen LogP contribution in [0.3, 0.4) is 0 Å². The molecule has 0 aromatic carbocycles. The van der Waals surface area contributed by atoms with Gasteiger partial charge in [-0.15, -0.1) is 10.2 Å². The van der Waals surface area contributed by atoms with Crippen molar-refractivity contribution in [1.29, 1.82) is 0 Å². The van der Waals surface area contributed by atoms with E-state index in [9.17, 15) is 0 Å². The summed E-state index contributed by atoms with van der Waals surface area (Å²) in [6, 6.07) is 1.86. The van der Waals surface area contributed by atoms with Gasteiger partial charge in [0.2, 0.25) is 0 Å². The summed E-state index contributed by atoms with van der Waals surface area (Å²) < 4.78 is 0. The van der Waals surface area contributed by atoms with Gasteiger partial charge in [0, 0.05) is 6.20 Å². The van der Waals surface area contributed by atoms with Crippen LogP contribution in [0, 0.1) is 0 Å². The topological polar surface area (TPSA) is 108 Å². The van der Waals surface area contributed by atoms with Crippen molar-refractivity contribution in [3.63, 3.8) is 0 Å². The fourth-order valence-corrected chi connectivity index (χ4v) is 1.43. The van der Waals surface area contributed by atoms with Gasteiger partial charge >= 0.3 is 0 Å². The van der Waals surface area contributed by atoms with E-state index in [4.69, 9.17) is 0 Å². The molecule has 0 bridgehead atoms. The predicted octanol–water partition coefficient (Wildman–Crippen LogP) is 0.0831. The third-order valence-corrected chi connectivity index (χ3v) is 2.17. The highest BCUT2D eigenvalue weighted by Crippen LogP contribution is 2.18. The van der Waals surface area contributed by atoms with Crippen LogP contribution in [0.4, 0.5) is 5.69 Å². The van der Waals surface area contributed by atoms with E-state index in [0.717, 1.165) is 16.7 Å². The Kier molecular flexibility index (Phi) is 1.96. The van der Waals surface area contributed by atoms with Crippen molar-refractivity contribution in [2.45, 2.75) is 6.54 Å². The van der Waals surface area contributed by atoms with Crippen LogP contribution in [0.25, 0.3) is 11.0 Å². The Bertz CT molecular complexity index is 583. The molecule has 3 rings (SSSR count). The first kappa shape index (κ1) is 8.77. The van der Waals surface area contributed by atoms with E-state index in [1.54, 1.807) is 12.4 Å². The second-order valence-corrected chi connectivity index (χ2v) is 3.17. The lowest BCUT2D eigenvalue weighted by Gasteiger charge is -2.03. The molecule has 8 nitrogen and oxygen atoms in total. The Morgan fingerprint density at radius 1 is 1.38 bits per heavy atom. The third-order valence-electron chi connectivity index (χ3n) is 2.17. The van der Waals surface area contributed by atoms with Gasteiger partial charge in [0.15, 0.2) is 5.82 Å². The second kappa shape index (κ2) is 3.57. The lowest BCUT2D eigenvalue weighted by atomic mass is 10.3. The van der Waals surface area contributed by atoms with Gasteiger partial charge in [-0.05, 0) is 6.07 Å². The number of hydrogen-bond donors (Lipinski definition) is 3. The number of hydrogen-bond acceptors (Lipinski definition) is 6. The van der Waals surface area contributed by atoms with Gasteiger partial charge in [-0.1, -0.05) is 5.21 Å². The Labute approximate surface area is 89.5 Å². The normalized spacial score (nSPS) is 10.8. The molecule has 0 unspecified atom stereocenters. The number of aromatic nitrogens is 7. The van der Waals surface area contributed by atoms with E-state index in [2.05, 4.69) is 41.1 Å². The molecular formula is C8H8N8. The fraction of sp³-hybridized carbons (Fsp3) is 0.125. The van der Waals surface area contributed by atoms with Crippen molar-refractivity contribution in [3.8, 4) is 0 Å². The summed E-state index contributed by atoms with van der Waals surface area (Å²) in [4.78, 5) is 4.16. The highest BCUT2D eigenvalue weighted by atomic mass is 15.5. The Balaban J connectivity index is 1.86. The molecule has 80 valence electrons. The number of nitrogens with zero attached hydrogens (tertiary/aromatic N) is 5. The number of anilines is 1. The third kappa shape index (κ3) is 1.45. The van der Waals surface area contributed by atoms with Crippen molar-refractivity contribution in [1.82, 2.24) is 35.8 Å². The van der Waals surface area contributed by atoms with E-state index < -0.39 is 0 Å². The lowest BCUT2D eigenvalue weighted by molar-refractivity contribution is 0.881. The predicted molar refractivity (Wildman–Crippen MR) is 55.4 cm³/mol. The minimum atomic E-state index is 0.495. The number of aromatic amines is 2. The Morgan fingerprint density at radius 2 is 2.38 bits per heavy atom. The van der Waals surface area contributed by atoms with E-state index in [1.165, 1.54) is 0 Å². The maximum Gasteiger partial charge on any atom is 0.193 e. The maximum atomic E-state index is 4.16. The molecule has 0 fully saturated rings. The molecule has 3 heterocycles. The molecule has 0 atom stereocenters. The quantitative estimate of drug-likeness (QED) is 0.572. The average molecular weight is 216 g/mol. The summed E-state index contributed by atoms with van der Waals surface area (Å²) in [5.41, 5.74) is 2.59. The highest BCUT2D eigenvalue weighted by molar-refractivity contribution is 5.86. The van der Waals surface area contributed by atoms with Crippen molar-refractivity contribution in [2.75, 3.05) is 5.32 Å². The summed E-state index contributed by atoms with van der Waals surface area (Å²) >= 11 is 0. The van der Waals surface area contributed by atoms with Crippen LogP contribution in [-0.2, 0) is 6.54 Å². The van der Waals surface area contributed by atoms with Crippen LogP contribution < -0.4 is 5.32 Å². The van der Waals surface area contributed by atoms with Gasteiger partial charge < -0.3 is 5.32 Å². The van der Waals surface area contributed by atoms with E-state index in [1.807, 2.05) is 6.07 Å². The first-order valence-electron chi connectivity index (χ1n) is 4.68. The average Bonchev–Trinajstić information content (AvgIpc) is 2.97. The highest BCUT2D eigenvalue weighted by Gasteiger charge is 2.04.